The smallest absolute Gasteiger partial charge is 0.161 e. The molecule has 5 nitrogen and oxygen atoms in total. The summed E-state index contributed by atoms with van der Waals surface area (Å²) in [5, 5.41) is 11.8. The number of nitriles is 1. The summed E-state index contributed by atoms with van der Waals surface area (Å²) in [6.45, 7) is 2.87. The highest BCUT2D eigenvalue weighted by molar-refractivity contribution is 7.13. The van der Waals surface area contributed by atoms with E-state index in [1.54, 1.807) is 36.6 Å². The zero-order valence-corrected chi connectivity index (χ0v) is 15.4. The molecule has 1 heterocycles. The Hall–Kier alpha value is -3.04. The van der Waals surface area contributed by atoms with Gasteiger partial charge in [-0.2, -0.15) is 5.26 Å². The lowest BCUT2D eigenvalue weighted by atomic mass is 10.2. The Kier molecular flexibility index (Phi) is 5.72. The minimum absolute atomic E-state index is 0.347. The van der Waals surface area contributed by atoms with Gasteiger partial charge < -0.3 is 14.2 Å². The van der Waals surface area contributed by atoms with E-state index >= 15 is 0 Å². The molecule has 3 rings (SSSR count). The Bertz CT molecular complexity index is 931. The zero-order chi connectivity index (χ0) is 18.4. The van der Waals surface area contributed by atoms with Crippen molar-refractivity contribution < 1.29 is 14.2 Å². The first-order chi connectivity index (χ1) is 12.7. The van der Waals surface area contributed by atoms with Crippen LogP contribution in [0.4, 0.5) is 0 Å². The van der Waals surface area contributed by atoms with Crippen LogP contribution in [0, 0.1) is 11.3 Å². The molecule has 0 fully saturated rings. The number of rotatable bonds is 7. The third-order valence-corrected chi connectivity index (χ3v) is 4.55. The van der Waals surface area contributed by atoms with E-state index in [0.29, 0.717) is 30.3 Å². The lowest BCUT2D eigenvalue weighted by Crippen LogP contribution is -1.96. The number of ether oxygens (including phenoxy) is 3. The maximum absolute atomic E-state index is 8.94. The summed E-state index contributed by atoms with van der Waals surface area (Å²) < 4.78 is 16.7. The van der Waals surface area contributed by atoms with E-state index in [9.17, 15) is 0 Å². The number of hydrogen-bond donors (Lipinski definition) is 0. The van der Waals surface area contributed by atoms with E-state index in [2.05, 4.69) is 11.1 Å². The van der Waals surface area contributed by atoms with Gasteiger partial charge in [0.05, 0.1) is 31.0 Å². The van der Waals surface area contributed by atoms with Crippen LogP contribution in [0.25, 0.3) is 10.6 Å². The van der Waals surface area contributed by atoms with E-state index in [1.807, 2.05) is 36.6 Å². The molecule has 0 radical (unpaired) electrons. The second kappa shape index (κ2) is 8.37. The molecule has 2 aromatic carbocycles. The molecule has 0 N–H and O–H groups in total. The number of thiazole rings is 1. The molecule has 0 aliphatic rings. The molecule has 0 amide bonds. The Balaban J connectivity index is 1.72. The van der Waals surface area contributed by atoms with Crippen molar-refractivity contribution in [2.45, 2.75) is 13.5 Å². The van der Waals surface area contributed by atoms with Gasteiger partial charge in [0.15, 0.2) is 11.5 Å². The Morgan fingerprint density at radius 2 is 2.00 bits per heavy atom. The summed E-state index contributed by atoms with van der Waals surface area (Å²) in [6, 6.07) is 15.0. The SMILES string of the molecule is CCOc1ccc(-c2nc(COc3cccc(C#N)c3)cs2)cc1OC. The predicted octanol–water partition coefficient (Wildman–Crippen LogP) is 4.67. The summed E-state index contributed by atoms with van der Waals surface area (Å²) >= 11 is 1.54. The van der Waals surface area contributed by atoms with E-state index < -0.39 is 0 Å². The van der Waals surface area contributed by atoms with E-state index in [4.69, 9.17) is 19.5 Å². The van der Waals surface area contributed by atoms with Gasteiger partial charge in [0.25, 0.3) is 0 Å². The molecular formula is C20H18N2O3S. The maximum Gasteiger partial charge on any atom is 0.161 e. The molecule has 6 heteroatoms. The van der Waals surface area contributed by atoms with Crippen LogP contribution in [0.2, 0.25) is 0 Å². The maximum atomic E-state index is 8.94. The van der Waals surface area contributed by atoms with Gasteiger partial charge in [0, 0.05) is 10.9 Å². The molecule has 0 bridgehead atoms. The fourth-order valence-electron chi connectivity index (χ4n) is 2.39. The molecule has 0 saturated carbocycles. The Morgan fingerprint density at radius 1 is 1.12 bits per heavy atom. The van der Waals surface area contributed by atoms with Gasteiger partial charge in [-0.05, 0) is 43.3 Å². The summed E-state index contributed by atoms with van der Waals surface area (Å²) in [6.07, 6.45) is 0. The van der Waals surface area contributed by atoms with Gasteiger partial charge in [-0.1, -0.05) is 6.07 Å². The first-order valence-corrected chi connectivity index (χ1v) is 9.00. The second-order valence-electron chi connectivity index (χ2n) is 5.37. The number of hydrogen-bond acceptors (Lipinski definition) is 6. The van der Waals surface area contributed by atoms with Crippen LogP contribution in [-0.4, -0.2) is 18.7 Å². The fourth-order valence-corrected chi connectivity index (χ4v) is 3.20. The quantitative estimate of drug-likeness (QED) is 0.608. The molecule has 0 aliphatic carbocycles. The van der Waals surface area contributed by atoms with E-state index in [0.717, 1.165) is 22.0 Å². The monoisotopic (exact) mass is 366 g/mol. The molecule has 0 spiro atoms. The minimum atomic E-state index is 0.347. The summed E-state index contributed by atoms with van der Waals surface area (Å²) in [5.41, 5.74) is 2.37. The summed E-state index contributed by atoms with van der Waals surface area (Å²) in [4.78, 5) is 4.62. The van der Waals surface area contributed by atoms with Gasteiger partial charge in [-0.15, -0.1) is 11.3 Å². The number of aromatic nitrogens is 1. The van der Waals surface area contributed by atoms with Gasteiger partial charge in [0.1, 0.15) is 17.4 Å². The highest BCUT2D eigenvalue weighted by Gasteiger charge is 2.10. The van der Waals surface area contributed by atoms with Crippen molar-refractivity contribution >= 4 is 11.3 Å². The topological polar surface area (TPSA) is 64.4 Å². The highest BCUT2D eigenvalue weighted by Crippen LogP contribution is 2.34. The first-order valence-electron chi connectivity index (χ1n) is 8.12. The standard InChI is InChI=1S/C20H18N2O3S/c1-3-24-18-8-7-15(10-19(18)23-2)20-22-16(13-26-20)12-25-17-6-4-5-14(9-17)11-21/h4-10,13H,3,12H2,1-2H3. The first kappa shape index (κ1) is 17.8. The third-order valence-electron chi connectivity index (χ3n) is 3.61. The van der Waals surface area contributed by atoms with Crippen LogP contribution in [0.5, 0.6) is 17.2 Å². The van der Waals surface area contributed by atoms with Gasteiger partial charge in [0.2, 0.25) is 0 Å². The van der Waals surface area contributed by atoms with Crippen molar-refractivity contribution in [2.24, 2.45) is 0 Å². The Morgan fingerprint density at radius 3 is 2.77 bits per heavy atom. The van der Waals surface area contributed by atoms with Crippen molar-refractivity contribution in [3.05, 3.63) is 59.1 Å². The lowest BCUT2D eigenvalue weighted by molar-refractivity contribution is 0.302. The molecule has 3 aromatic rings. The fraction of sp³-hybridized carbons (Fsp3) is 0.200. The Labute approximate surface area is 156 Å². The van der Waals surface area contributed by atoms with Crippen molar-refractivity contribution in [3.8, 4) is 33.9 Å². The van der Waals surface area contributed by atoms with Crippen molar-refractivity contribution in [2.75, 3.05) is 13.7 Å². The highest BCUT2D eigenvalue weighted by atomic mass is 32.1. The van der Waals surface area contributed by atoms with Gasteiger partial charge >= 0.3 is 0 Å². The van der Waals surface area contributed by atoms with Crippen LogP contribution in [-0.2, 0) is 6.61 Å². The van der Waals surface area contributed by atoms with E-state index in [1.165, 1.54) is 0 Å². The molecule has 0 unspecified atom stereocenters. The molecule has 1 aromatic heterocycles. The average molecular weight is 366 g/mol. The molecule has 26 heavy (non-hydrogen) atoms. The normalized spacial score (nSPS) is 10.2. The second-order valence-corrected chi connectivity index (χ2v) is 6.23. The largest absolute Gasteiger partial charge is 0.493 e. The third kappa shape index (κ3) is 4.13. The van der Waals surface area contributed by atoms with E-state index in [-0.39, 0.29) is 0 Å². The van der Waals surface area contributed by atoms with Crippen LogP contribution in [0.3, 0.4) is 0 Å². The lowest BCUT2D eigenvalue weighted by Gasteiger charge is -2.10. The van der Waals surface area contributed by atoms with Crippen LogP contribution < -0.4 is 14.2 Å². The molecule has 0 atom stereocenters. The van der Waals surface area contributed by atoms with Crippen LogP contribution in [0.1, 0.15) is 18.2 Å². The van der Waals surface area contributed by atoms with Crippen molar-refractivity contribution in [3.63, 3.8) is 0 Å². The zero-order valence-electron chi connectivity index (χ0n) is 14.6. The van der Waals surface area contributed by atoms with Crippen molar-refractivity contribution in [1.82, 2.24) is 4.98 Å². The molecule has 0 aliphatic heterocycles. The number of nitrogens with zero attached hydrogens (tertiary/aromatic N) is 2. The van der Waals surface area contributed by atoms with Gasteiger partial charge in [-0.25, -0.2) is 4.98 Å². The predicted molar refractivity (Wildman–Crippen MR) is 101 cm³/mol. The average Bonchev–Trinajstić information content (AvgIpc) is 3.16. The molecule has 132 valence electrons. The molecule has 0 saturated heterocycles. The summed E-state index contributed by atoms with van der Waals surface area (Å²) in [5.74, 6) is 2.06. The summed E-state index contributed by atoms with van der Waals surface area (Å²) in [7, 11) is 1.62. The van der Waals surface area contributed by atoms with Crippen molar-refractivity contribution in [1.29, 1.82) is 5.26 Å². The van der Waals surface area contributed by atoms with Gasteiger partial charge in [-0.3, -0.25) is 0 Å². The van der Waals surface area contributed by atoms with Crippen LogP contribution >= 0.6 is 11.3 Å². The number of methoxy groups -OCH3 is 1. The molecular weight excluding hydrogens is 348 g/mol. The van der Waals surface area contributed by atoms with Crippen LogP contribution in [0.15, 0.2) is 47.8 Å². The minimum Gasteiger partial charge on any atom is -0.493 e. The number of benzene rings is 2.